The minimum Gasteiger partial charge on any atom is -0.464 e. The van der Waals surface area contributed by atoms with Crippen LogP contribution in [0.2, 0.25) is 5.02 Å². The van der Waals surface area contributed by atoms with E-state index in [1.807, 2.05) is 18.2 Å². The van der Waals surface area contributed by atoms with Crippen molar-refractivity contribution in [2.75, 3.05) is 22.7 Å². The van der Waals surface area contributed by atoms with Crippen molar-refractivity contribution in [2.24, 2.45) is 0 Å². The number of aromatic nitrogens is 1. The maximum absolute atomic E-state index is 14.9. The molecular weight excluding hydrogens is 491 g/mol. The lowest BCUT2D eigenvalue weighted by molar-refractivity contribution is 0.206. The molecule has 2 heterocycles. The zero-order valence-corrected chi connectivity index (χ0v) is 19.6. The lowest BCUT2D eigenvalue weighted by atomic mass is 10.2. The molecule has 0 aliphatic carbocycles. The highest BCUT2D eigenvalue weighted by Gasteiger charge is 2.35. The molecule has 1 atom stereocenters. The Morgan fingerprint density at radius 3 is 2.73 bits per heavy atom. The quantitative estimate of drug-likeness (QED) is 0.482. The zero-order valence-electron chi connectivity index (χ0n) is 17.2. The number of amides is 1. The van der Waals surface area contributed by atoms with E-state index in [1.165, 1.54) is 17.0 Å². The van der Waals surface area contributed by atoms with Gasteiger partial charge < -0.3 is 10.4 Å². The van der Waals surface area contributed by atoms with Crippen LogP contribution in [0, 0.1) is 5.82 Å². The molecule has 2 N–H and O–H groups in total. The fraction of sp³-hybridized carbons (Fsp3) is 0.238. The monoisotopic (exact) mass is 510 g/mol. The van der Waals surface area contributed by atoms with Crippen LogP contribution in [0.5, 0.6) is 0 Å². The number of nitrogens with one attached hydrogen (secondary N) is 1. The van der Waals surface area contributed by atoms with E-state index < -0.39 is 26.8 Å². The fourth-order valence-corrected chi connectivity index (χ4v) is 5.88. The Morgan fingerprint density at radius 2 is 2.06 bits per heavy atom. The van der Waals surface area contributed by atoms with Crippen molar-refractivity contribution in [2.45, 2.75) is 23.9 Å². The third-order valence-corrected chi connectivity index (χ3v) is 7.78. The van der Waals surface area contributed by atoms with Crippen molar-refractivity contribution in [3.63, 3.8) is 0 Å². The normalized spacial score (nSPS) is 16.6. The zero-order chi connectivity index (χ0) is 23.6. The third-order valence-electron chi connectivity index (χ3n) is 5.23. The molecule has 0 radical (unpaired) electrons. The van der Waals surface area contributed by atoms with Crippen LogP contribution in [0.3, 0.4) is 0 Å². The molecule has 1 fully saturated rings. The number of anilines is 2. The SMILES string of the molecule is O=C(O)N(c1ccsn1)S(=O)(=O)c1cc(Cl)c(N[C@H]2CCN(Cc3ccccc3)C2)cc1F. The van der Waals surface area contributed by atoms with Crippen molar-refractivity contribution < 1.29 is 22.7 Å². The van der Waals surface area contributed by atoms with Gasteiger partial charge in [0.1, 0.15) is 10.7 Å². The highest BCUT2D eigenvalue weighted by atomic mass is 35.5. The molecule has 2 aromatic carbocycles. The van der Waals surface area contributed by atoms with Crippen molar-refractivity contribution in [3.05, 3.63) is 70.3 Å². The number of carboxylic acid groups (broad SMARTS) is 1. The van der Waals surface area contributed by atoms with Crippen molar-refractivity contribution in [3.8, 4) is 0 Å². The fourth-order valence-electron chi connectivity index (χ4n) is 3.73. The number of likely N-dealkylation sites (tertiary alicyclic amines) is 1. The van der Waals surface area contributed by atoms with Crippen LogP contribution in [-0.2, 0) is 16.6 Å². The topological polar surface area (TPSA) is 103 Å². The first-order valence-electron chi connectivity index (χ1n) is 9.96. The molecule has 1 amide bonds. The number of benzene rings is 2. The van der Waals surface area contributed by atoms with Gasteiger partial charge in [0, 0.05) is 31.1 Å². The van der Waals surface area contributed by atoms with Gasteiger partial charge in [0.05, 0.1) is 10.7 Å². The number of sulfonamides is 1. The average molecular weight is 511 g/mol. The van der Waals surface area contributed by atoms with Crippen molar-refractivity contribution >= 4 is 50.8 Å². The molecule has 1 saturated heterocycles. The highest BCUT2D eigenvalue weighted by Crippen LogP contribution is 2.32. The van der Waals surface area contributed by atoms with E-state index in [2.05, 4.69) is 26.7 Å². The van der Waals surface area contributed by atoms with E-state index in [4.69, 9.17) is 11.6 Å². The molecule has 12 heteroatoms. The Morgan fingerprint density at radius 1 is 1.30 bits per heavy atom. The Hall–Kier alpha value is -2.73. The van der Waals surface area contributed by atoms with Gasteiger partial charge in [-0.2, -0.15) is 4.37 Å². The molecular formula is C21H20ClFN4O4S2. The number of halogens is 2. The minimum atomic E-state index is -4.78. The van der Waals surface area contributed by atoms with Crippen LogP contribution in [-0.4, -0.2) is 48.0 Å². The van der Waals surface area contributed by atoms with Gasteiger partial charge in [-0.1, -0.05) is 41.9 Å². The van der Waals surface area contributed by atoms with E-state index in [1.54, 1.807) is 0 Å². The number of hydrogen-bond donors (Lipinski definition) is 2. The first-order valence-corrected chi connectivity index (χ1v) is 12.6. The van der Waals surface area contributed by atoms with Crippen LogP contribution >= 0.6 is 23.1 Å². The first-order chi connectivity index (χ1) is 15.8. The summed E-state index contributed by atoms with van der Waals surface area (Å²) < 4.78 is 44.5. The van der Waals surface area contributed by atoms with Gasteiger partial charge in [-0.15, -0.1) is 4.31 Å². The van der Waals surface area contributed by atoms with E-state index >= 15 is 0 Å². The highest BCUT2D eigenvalue weighted by molar-refractivity contribution is 7.93. The second-order valence-electron chi connectivity index (χ2n) is 7.52. The number of rotatable bonds is 7. The van der Waals surface area contributed by atoms with Crippen molar-refractivity contribution in [1.82, 2.24) is 9.27 Å². The molecule has 1 aliphatic rings. The Bertz CT molecular complexity index is 1240. The van der Waals surface area contributed by atoms with Crippen LogP contribution < -0.4 is 9.62 Å². The Balaban J connectivity index is 1.51. The second kappa shape index (κ2) is 9.64. The maximum Gasteiger partial charge on any atom is 0.427 e. The summed E-state index contributed by atoms with van der Waals surface area (Å²) >= 11 is 7.15. The number of carbonyl (C=O) groups is 1. The van der Waals surface area contributed by atoms with E-state index in [0.29, 0.717) is 6.54 Å². The molecule has 33 heavy (non-hydrogen) atoms. The first kappa shape index (κ1) is 23.4. The molecule has 4 rings (SSSR count). The maximum atomic E-state index is 14.9. The number of hydrogen-bond acceptors (Lipinski definition) is 7. The van der Waals surface area contributed by atoms with Crippen LogP contribution in [0.4, 0.5) is 20.7 Å². The molecule has 1 aromatic heterocycles. The van der Waals surface area contributed by atoms with Gasteiger partial charge >= 0.3 is 6.09 Å². The summed E-state index contributed by atoms with van der Waals surface area (Å²) in [5.41, 5.74) is 1.44. The second-order valence-corrected chi connectivity index (χ2v) is 10.4. The predicted molar refractivity (Wildman–Crippen MR) is 125 cm³/mol. The van der Waals surface area contributed by atoms with Gasteiger partial charge in [-0.3, -0.25) is 4.90 Å². The average Bonchev–Trinajstić information content (AvgIpc) is 3.43. The summed E-state index contributed by atoms with van der Waals surface area (Å²) in [5, 5.41) is 14.0. The van der Waals surface area contributed by atoms with E-state index in [-0.39, 0.29) is 26.9 Å². The Kier molecular flexibility index (Phi) is 6.84. The molecule has 174 valence electrons. The van der Waals surface area contributed by atoms with E-state index in [0.717, 1.165) is 43.2 Å². The summed E-state index contributed by atoms with van der Waals surface area (Å²) in [6, 6.07) is 13.2. The molecule has 0 saturated carbocycles. The summed E-state index contributed by atoms with van der Waals surface area (Å²) in [5.74, 6) is -1.45. The Labute approximate surface area is 199 Å². The predicted octanol–water partition coefficient (Wildman–Crippen LogP) is 4.50. The lowest BCUT2D eigenvalue weighted by Gasteiger charge is -2.20. The standard InChI is InChI=1S/C21H20ClFN4O4S2/c22-16-10-19(33(30,31)27(21(28)29)20-7-9-32-25-20)17(23)11-18(16)24-15-6-8-26(13-15)12-14-4-2-1-3-5-14/h1-5,7,9-11,15,24H,6,8,12-13H2,(H,28,29)/t15-/m0/s1. The summed E-state index contributed by atoms with van der Waals surface area (Å²) in [6.45, 7) is 2.35. The summed E-state index contributed by atoms with van der Waals surface area (Å²) in [7, 11) is -4.78. The molecule has 0 unspecified atom stereocenters. The molecule has 0 spiro atoms. The largest absolute Gasteiger partial charge is 0.464 e. The van der Waals surface area contributed by atoms with Gasteiger partial charge in [-0.05, 0) is 41.7 Å². The molecule has 8 nitrogen and oxygen atoms in total. The van der Waals surface area contributed by atoms with Crippen LogP contribution in [0.1, 0.15) is 12.0 Å². The number of nitrogens with zero attached hydrogens (tertiary/aromatic N) is 3. The molecule has 1 aliphatic heterocycles. The van der Waals surface area contributed by atoms with Gasteiger partial charge in [-0.25, -0.2) is 17.6 Å². The smallest absolute Gasteiger partial charge is 0.427 e. The molecule has 3 aromatic rings. The van der Waals surface area contributed by atoms with Crippen LogP contribution in [0.25, 0.3) is 0 Å². The van der Waals surface area contributed by atoms with Crippen LogP contribution in [0.15, 0.2) is 58.8 Å². The third kappa shape index (κ3) is 5.11. The summed E-state index contributed by atoms with van der Waals surface area (Å²) in [4.78, 5) is 13.0. The van der Waals surface area contributed by atoms with Gasteiger partial charge in [0.25, 0.3) is 10.0 Å². The van der Waals surface area contributed by atoms with Crippen molar-refractivity contribution in [1.29, 1.82) is 0 Å². The van der Waals surface area contributed by atoms with E-state index in [9.17, 15) is 22.7 Å². The van der Waals surface area contributed by atoms with Gasteiger partial charge in [0.15, 0.2) is 5.82 Å². The minimum absolute atomic E-state index is 0.00130. The summed E-state index contributed by atoms with van der Waals surface area (Å²) in [6.07, 6.45) is -0.996. The van der Waals surface area contributed by atoms with Gasteiger partial charge in [0.2, 0.25) is 0 Å². The lowest BCUT2D eigenvalue weighted by Crippen LogP contribution is -2.36. The molecule has 0 bridgehead atoms.